The predicted molar refractivity (Wildman–Crippen MR) is 61.0 cm³/mol. The molecule has 0 saturated carbocycles. The lowest BCUT2D eigenvalue weighted by Crippen LogP contribution is -2.36. The zero-order valence-electron chi connectivity index (χ0n) is 8.94. The van der Waals surface area contributed by atoms with Gasteiger partial charge in [-0.2, -0.15) is 4.98 Å². The molecule has 0 aromatic carbocycles. The van der Waals surface area contributed by atoms with E-state index in [1.165, 1.54) is 10.6 Å². The summed E-state index contributed by atoms with van der Waals surface area (Å²) in [5.74, 6) is -0.316. The quantitative estimate of drug-likeness (QED) is 0.773. The number of fused-ring (bicyclic) bond motifs is 1. The number of rotatable bonds is 1. The van der Waals surface area contributed by atoms with E-state index < -0.39 is 0 Å². The van der Waals surface area contributed by atoms with Crippen LogP contribution in [0.2, 0.25) is 5.28 Å². The van der Waals surface area contributed by atoms with Crippen molar-refractivity contribution >= 4 is 22.9 Å². The molecular weight excluding hydrogens is 247 g/mol. The molecule has 0 aliphatic carbocycles. The van der Waals surface area contributed by atoms with E-state index in [9.17, 15) is 4.39 Å². The number of pyridine rings is 1. The van der Waals surface area contributed by atoms with Gasteiger partial charge in [0.1, 0.15) is 0 Å². The molecule has 0 bridgehead atoms. The number of nitrogens with zero attached hydrogens (tertiary/aromatic N) is 4. The molecule has 3 heterocycles. The van der Waals surface area contributed by atoms with Gasteiger partial charge in [0.15, 0.2) is 11.5 Å². The Morgan fingerprint density at radius 2 is 2.12 bits per heavy atom. The van der Waals surface area contributed by atoms with Gasteiger partial charge < -0.3 is 9.64 Å². The summed E-state index contributed by atoms with van der Waals surface area (Å²) in [5, 5.41) is 4.07. The Morgan fingerprint density at radius 1 is 1.35 bits per heavy atom. The molecule has 0 spiro atoms. The van der Waals surface area contributed by atoms with Crippen molar-refractivity contribution in [1.29, 1.82) is 0 Å². The SMILES string of the molecule is Fc1cc2nc(Cl)nn2cc1N1CCOCC1. The van der Waals surface area contributed by atoms with Gasteiger partial charge in [0.25, 0.3) is 0 Å². The molecule has 0 unspecified atom stereocenters. The minimum absolute atomic E-state index is 0.114. The largest absolute Gasteiger partial charge is 0.378 e. The Kier molecular flexibility index (Phi) is 2.60. The number of morpholine rings is 1. The Hall–Kier alpha value is -1.40. The number of anilines is 1. The molecule has 1 aliphatic heterocycles. The van der Waals surface area contributed by atoms with Crippen LogP contribution in [0.25, 0.3) is 5.65 Å². The summed E-state index contributed by atoms with van der Waals surface area (Å²) in [4.78, 5) is 5.82. The maximum absolute atomic E-state index is 13.9. The van der Waals surface area contributed by atoms with Gasteiger partial charge in [-0.05, 0) is 11.6 Å². The van der Waals surface area contributed by atoms with Crippen molar-refractivity contribution in [2.45, 2.75) is 0 Å². The summed E-state index contributed by atoms with van der Waals surface area (Å²) < 4.78 is 20.6. The number of hydrogen-bond donors (Lipinski definition) is 0. The van der Waals surface area contributed by atoms with E-state index in [-0.39, 0.29) is 11.1 Å². The van der Waals surface area contributed by atoms with Gasteiger partial charge in [0.05, 0.1) is 25.1 Å². The van der Waals surface area contributed by atoms with Crippen LogP contribution in [0.5, 0.6) is 0 Å². The summed E-state index contributed by atoms with van der Waals surface area (Å²) >= 11 is 5.67. The fourth-order valence-electron chi connectivity index (χ4n) is 1.90. The van der Waals surface area contributed by atoms with Gasteiger partial charge >= 0.3 is 0 Å². The van der Waals surface area contributed by atoms with Crippen LogP contribution in [0.1, 0.15) is 0 Å². The third-order valence-electron chi connectivity index (χ3n) is 2.73. The highest BCUT2D eigenvalue weighted by Gasteiger charge is 2.17. The number of hydrogen-bond acceptors (Lipinski definition) is 4. The monoisotopic (exact) mass is 256 g/mol. The molecule has 2 aromatic heterocycles. The molecule has 1 aliphatic rings. The van der Waals surface area contributed by atoms with Gasteiger partial charge in [-0.1, -0.05) is 0 Å². The van der Waals surface area contributed by atoms with Crippen molar-refractivity contribution in [2.24, 2.45) is 0 Å². The first-order valence-electron chi connectivity index (χ1n) is 5.28. The number of ether oxygens (including phenoxy) is 1. The average Bonchev–Trinajstić information content (AvgIpc) is 2.68. The zero-order chi connectivity index (χ0) is 11.8. The number of aromatic nitrogens is 3. The van der Waals surface area contributed by atoms with Gasteiger partial charge in [-0.15, -0.1) is 5.10 Å². The predicted octanol–water partition coefficient (Wildman–Crippen LogP) is 1.36. The third kappa shape index (κ3) is 1.94. The average molecular weight is 257 g/mol. The minimum Gasteiger partial charge on any atom is -0.378 e. The van der Waals surface area contributed by atoms with Crippen molar-refractivity contribution in [3.8, 4) is 0 Å². The van der Waals surface area contributed by atoms with Crippen molar-refractivity contribution < 1.29 is 9.13 Å². The van der Waals surface area contributed by atoms with Crippen LogP contribution >= 0.6 is 11.6 Å². The lowest BCUT2D eigenvalue weighted by atomic mass is 10.3. The highest BCUT2D eigenvalue weighted by atomic mass is 35.5. The van der Waals surface area contributed by atoms with E-state index >= 15 is 0 Å². The van der Waals surface area contributed by atoms with E-state index in [4.69, 9.17) is 16.3 Å². The first-order chi connectivity index (χ1) is 8.24. The van der Waals surface area contributed by atoms with E-state index in [0.717, 1.165) is 0 Å². The van der Waals surface area contributed by atoms with E-state index in [0.29, 0.717) is 37.6 Å². The Morgan fingerprint density at radius 3 is 2.88 bits per heavy atom. The first-order valence-corrected chi connectivity index (χ1v) is 5.66. The molecule has 0 radical (unpaired) electrons. The Labute approximate surface area is 102 Å². The summed E-state index contributed by atoms with van der Waals surface area (Å²) in [6, 6.07) is 1.34. The first kappa shape index (κ1) is 10.7. The topological polar surface area (TPSA) is 42.7 Å². The molecule has 90 valence electrons. The molecule has 3 rings (SSSR count). The molecule has 0 N–H and O–H groups in total. The molecule has 2 aromatic rings. The molecule has 7 heteroatoms. The highest BCUT2D eigenvalue weighted by Crippen LogP contribution is 2.21. The van der Waals surface area contributed by atoms with Crippen LogP contribution in [-0.4, -0.2) is 40.9 Å². The van der Waals surface area contributed by atoms with Crippen LogP contribution < -0.4 is 4.90 Å². The molecule has 1 saturated heterocycles. The van der Waals surface area contributed by atoms with Crippen LogP contribution in [0.15, 0.2) is 12.3 Å². The summed E-state index contributed by atoms with van der Waals surface area (Å²) in [7, 11) is 0. The summed E-state index contributed by atoms with van der Waals surface area (Å²) in [5.41, 5.74) is 0.909. The van der Waals surface area contributed by atoms with Crippen LogP contribution in [0, 0.1) is 5.82 Å². The maximum Gasteiger partial charge on any atom is 0.243 e. The van der Waals surface area contributed by atoms with Crippen molar-refractivity contribution in [2.75, 3.05) is 31.2 Å². The van der Waals surface area contributed by atoms with Gasteiger partial charge in [0.2, 0.25) is 5.28 Å². The molecule has 0 amide bonds. The zero-order valence-corrected chi connectivity index (χ0v) is 9.69. The fraction of sp³-hybridized carbons (Fsp3) is 0.400. The lowest BCUT2D eigenvalue weighted by molar-refractivity contribution is 0.122. The van der Waals surface area contributed by atoms with E-state index in [1.807, 2.05) is 4.90 Å². The molecule has 17 heavy (non-hydrogen) atoms. The second-order valence-corrected chi connectivity index (χ2v) is 4.13. The second kappa shape index (κ2) is 4.12. The smallest absolute Gasteiger partial charge is 0.243 e. The number of halogens is 2. The summed E-state index contributed by atoms with van der Waals surface area (Å²) in [6.45, 7) is 2.56. The fourth-order valence-corrected chi connectivity index (χ4v) is 2.07. The van der Waals surface area contributed by atoms with Gasteiger partial charge in [0, 0.05) is 19.2 Å². The normalized spacial score (nSPS) is 16.7. The molecule has 5 nitrogen and oxygen atoms in total. The third-order valence-corrected chi connectivity index (χ3v) is 2.89. The second-order valence-electron chi connectivity index (χ2n) is 3.79. The van der Waals surface area contributed by atoms with Crippen molar-refractivity contribution in [1.82, 2.24) is 14.6 Å². The summed E-state index contributed by atoms with van der Waals surface area (Å²) in [6.07, 6.45) is 1.61. The molecule has 0 atom stereocenters. The van der Waals surface area contributed by atoms with E-state index in [1.54, 1.807) is 6.20 Å². The highest BCUT2D eigenvalue weighted by molar-refractivity contribution is 6.28. The van der Waals surface area contributed by atoms with Crippen molar-refractivity contribution in [3.63, 3.8) is 0 Å². The Bertz CT molecular complexity index is 552. The van der Waals surface area contributed by atoms with Crippen LogP contribution in [0.4, 0.5) is 10.1 Å². The minimum atomic E-state index is -0.316. The molecule has 1 fully saturated rings. The molecular formula is C10H10ClFN4O. The van der Waals surface area contributed by atoms with Gasteiger partial charge in [-0.3, -0.25) is 0 Å². The maximum atomic E-state index is 13.9. The lowest BCUT2D eigenvalue weighted by Gasteiger charge is -2.28. The standard InChI is InChI=1S/C10H10ClFN4O/c11-10-13-9-5-7(12)8(6-16(9)14-10)15-1-3-17-4-2-15/h5-6H,1-4H2. The van der Waals surface area contributed by atoms with Crippen molar-refractivity contribution in [3.05, 3.63) is 23.4 Å². The Balaban J connectivity index is 2.05. The van der Waals surface area contributed by atoms with E-state index in [2.05, 4.69) is 10.1 Å². The van der Waals surface area contributed by atoms with Crippen LogP contribution in [-0.2, 0) is 4.74 Å². The van der Waals surface area contributed by atoms with Gasteiger partial charge in [-0.25, -0.2) is 8.91 Å². The van der Waals surface area contributed by atoms with Crippen LogP contribution in [0.3, 0.4) is 0 Å².